The van der Waals surface area contributed by atoms with E-state index in [4.69, 9.17) is 23.2 Å². The highest BCUT2D eigenvalue weighted by atomic mass is 35.5. The molecule has 0 aliphatic rings. The van der Waals surface area contributed by atoms with E-state index in [0.29, 0.717) is 45.8 Å². The predicted octanol–water partition coefficient (Wildman–Crippen LogP) is 5.24. The fourth-order valence-corrected chi connectivity index (χ4v) is 3.21. The summed E-state index contributed by atoms with van der Waals surface area (Å²) in [6.45, 7) is 4.90. The van der Waals surface area contributed by atoms with Crippen molar-refractivity contribution in [3.8, 4) is 16.9 Å². The van der Waals surface area contributed by atoms with Crippen LogP contribution in [0.1, 0.15) is 24.3 Å². The van der Waals surface area contributed by atoms with Gasteiger partial charge in [0.2, 0.25) is 0 Å². The Balaban J connectivity index is 2.13. The third-order valence-electron chi connectivity index (χ3n) is 4.50. The Hall–Kier alpha value is -2.90. The molecule has 0 unspecified atom stereocenters. The Morgan fingerprint density at radius 3 is 2.28 bits per heavy atom. The van der Waals surface area contributed by atoms with Crippen molar-refractivity contribution in [1.29, 1.82) is 0 Å². The lowest BCUT2D eigenvalue weighted by atomic mass is 10.1. The van der Waals surface area contributed by atoms with Crippen LogP contribution in [0.3, 0.4) is 0 Å². The minimum atomic E-state index is -0.465. The van der Waals surface area contributed by atoms with Gasteiger partial charge < -0.3 is 4.90 Å². The number of aromatic nitrogens is 2. The van der Waals surface area contributed by atoms with E-state index in [2.05, 4.69) is 5.10 Å². The molecule has 1 amide bonds. The van der Waals surface area contributed by atoms with Gasteiger partial charge >= 0.3 is 0 Å². The van der Waals surface area contributed by atoms with E-state index >= 15 is 0 Å². The van der Waals surface area contributed by atoms with Crippen LogP contribution in [0.4, 0.5) is 5.69 Å². The van der Waals surface area contributed by atoms with E-state index in [1.807, 2.05) is 13.8 Å². The zero-order valence-electron chi connectivity index (χ0n) is 15.8. The number of benzene rings is 2. The van der Waals surface area contributed by atoms with Gasteiger partial charge in [0.1, 0.15) is 5.69 Å². The largest absolute Gasteiger partial charge is 0.338 e. The van der Waals surface area contributed by atoms with Gasteiger partial charge in [-0.2, -0.15) is 5.10 Å². The van der Waals surface area contributed by atoms with Crippen molar-refractivity contribution < 1.29 is 9.72 Å². The predicted molar refractivity (Wildman–Crippen MR) is 113 cm³/mol. The highest BCUT2D eigenvalue weighted by molar-refractivity contribution is 6.42. The summed E-state index contributed by atoms with van der Waals surface area (Å²) in [5.41, 5.74) is 2.10. The van der Waals surface area contributed by atoms with Crippen LogP contribution >= 0.6 is 23.2 Å². The fourth-order valence-electron chi connectivity index (χ4n) is 2.91. The Labute approximate surface area is 177 Å². The van der Waals surface area contributed by atoms with Crippen LogP contribution in [0.2, 0.25) is 10.0 Å². The lowest BCUT2D eigenvalue weighted by molar-refractivity contribution is -0.384. The maximum Gasteiger partial charge on any atom is 0.272 e. The molecule has 7 nitrogen and oxygen atoms in total. The fraction of sp³-hybridized carbons (Fsp3) is 0.200. The van der Waals surface area contributed by atoms with Gasteiger partial charge in [-0.05, 0) is 50.2 Å². The number of halogens is 2. The molecule has 0 saturated heterocycles. The molecule has 0 aliphatic carbocycles. The molecule has 0 atom stereocenters. The van der Waals surface area contributed by atoms with Gasteiger partial charge in [0.25, 0.3) is 11.6 Å². The van der Waals surface area contributed by atoms with Crippen molar-refractivity contribution in [3.63, 3.8) is 0 Å². The van der Waals surface area contributed by atoms with Gasteiger partial charge in [0, 0.05) is 30.8 Å². The summed E-state index contributed by atoms with van der Waals surface area (Å²) >= 11 is 12.2. The molecule has 0 radical (unpaired) electrons. The Morgan fingerprint density at radius 2 is 1.72 bits per heavy atom. The van der Waals surface area contributed by atoms with Crippen molar-refractivity contribution in [3.05, 3.63) is 74.4 Å². The first-order valence-corrected chi connectivity index (χ1v) is 9.70. The van der Waals surface area contributed by atoms with E-state index < -0.39 is 4.92 Å². The average molecular weight is 433 g/mol. The normalized spacial score (nSPS) is 10.8. The molecule has 150 valence electrons. The summed E-state index contributed by atoms with van der Waals surface area (Å²) in [6.07, 6.45) is 0. The van der Waals surface area contributed by atoms with Crippen LogP contribution in [0.5, 0.6) is 0 Å². The van der Waals surface area contributed by atoms with Crippen molar-refractivity contribution in [2.75, 3.05) is 13.1 Å². The number of carbonyl (C=O) groups is 1. The molecule has 0 saturated carbocycles. The Kier molecular flexibility index (Phi) is 6.20. The van der Waals surface area contributed by atoms with E-state index in [1.165, 1.54) is 16.8 Å². The zero-order chi connectivity index (χ0) is 21.1. The van der Waals surface area contributed by atoms with Crippen molar-refractivity contribution in [2.24, 2.45) is 0 Å². The van der Waals surface area contributed by atoms with Crippen molar-refractivity contribution in [2.45, 2.75) is 13.8 Å². The minimum Gasteiger partial charge on any atom is -0.338 e. The molecule has 2 aromatic carbocycles. The zero-order valence-corrected chi connectivity index (χ0v) is 17.3. The standard InChI is InChI=1S/C20H18Cl2N4O3/c1-3-24(4-2)20(27)19-12-18(13-5-7-14(8-6-13)26(28)29)23-25(19)15-9-10-16(21)17(22)11-15/h5-12H,3-4H2,1-2H3. The summed E-state index contributed by atoms with van der Waals surface area (Å²) < 4.78 is 1.51. The van der Waals surface area contributed by atoms with Gasteiger partial charge in [-0.15, -0.1) is 0 Å². The molecule has 0 spiro atoms. The minimum absolute atomic E-state index is 0.0166. The number of nitro benzene ring substituents is 1. The summed E-state index contributed by atoms with van der Waals surface area (Å²) in [5, 5.41) is 16.2. The second-order valence-electron chi connectivity index (χ2n) is 6.21. The monoisotopic (exact) mass is 432 g/mol. The quantitative estimate of drug-likeness (QED) is 0.394. The summed E-state index contributed by atoms with van der Waals surface area (Å²) in [6, 6.07) is 12.7. The molecule has 3 rings (SSSR count). The first-order chi connectivity index (χ1) is 13.8. The Bertz CT molecular complexity index is 1060. The molecule has 0 aliphatic heterocycles. The third kappa shape index (κ3) is 4.26. The third-order valence-corrected chi connectivity index (χ3v) is 5.24. The maximum absolute atomic E-state index is 13.1. The molecule has 29 heavy (non-hydrogen) atoms. The van der Waals surface area contributed by atoms with E-state index in [1.54, 1.807) is 41.3 Å². The van der Waals surface area contributed by atoms with Crippen LogP contribution < -0.4 is 0 Å². The van der Waals surface area contributed by atoms with Crippen LogP contribution in [0.25, 0.3) is 16.9 Å². The van der Waals surface area contributed by atoms with Crippen molar-refractivity contribution in [1.82, 2.24) is 14.7 Å². The number of carbonyl (C=O) groups excluding carboxylic acids is 1. The maximum atomic E-state index is 13.1. The van der Waals surface area contributed by atoms with Gasteiger partial charge in [0.15, 0.2) is 0 Å². The van der Waals surface area contributed by atoms with E-state index in [0.717, 1.165) is 0 Å². The molecule has 0 bridgehead atoms. The molecule has 3 aromatic rings. The summed E-state index contributed by atoms with van der Waals surface area (Å²) in [4.78, 5) is 25.2. The van der Waals surface area contributed by atoms with Gasteiger partial charge in [-0.3, -0.25) is 14.9 Å². The number of hydrogen-bond donors (Lipinski definition) is 0. The molecule has 1 aromatic heterocycles. The van der Waals surface area contributed by atoms with Crippen LogP contribution in [-0.2, 0) is 0 Å². The van der Waals surface area contributed by atoms with Crippen LogP contribution in [-0.4, -0.2) is 38.6 Å². The van der Waals surface area contributed by atoms with Crippen LogP contribution in [0, 0.1) is 10.1 Å². The average Bonchev–Trinajstić information content (AvgIpc) is 3.16. The van der Waals surface area contributed by atoms with E-state index in [9.17, 15) is 14.9 Å². The van der Waals surface area contributed by atoms with E-state index in [-0.39, 0.29) is 11.6 Å². The lowest BCUT2D eigenvalue weighted by Crippen LogP contribution is -2.32. The molecule has 9 heteroatoms. The SMILES string of the molecule is CCN(CC)C(=O)c1cc(-c2ccc([N+](=O)[O-])cc2)nn1-c1ccc(Cl)c(Cl)c1. The van der Waals surface area contributed by atoms with Crippen molar-refractivity contribution >= 4 is 34.8 Å². The summed E-state index contributed by atoms with van der Waals surface area (Å²) in [7, 11) is 0. The number of rotatable bonds is 6. The molecular weight excluding hydrogens is 415 g/mol. The number of non-ortho nitro benzene ring substituents is 1. The second kappa shape index (κ2) is 8.63. The first-order valence-electron chi connectivity index (χ1n) is 8.95. The highest BCUT2D eigenvalue weighted by Crippen LogP contribution is 2.28. The number of nitro groups is 1. The number of hydrogen-bond acceptors (Lipinski definition) is 4. The van der Waals surface area contributed by atoms with Gasteiger partial charge in [-0.25, -0.2) is 4.68 Å². The Morgan fingerprint density at radius 1 is 1.07 bits per heavy atom. The van der Waals surface area contributed by atoms with Crippen LogP contribution in [0.15, 0.2) is 48.5 Å². The van der Waals surface area contributed by atoms with Gasteiger partial charge in [-0.1, -0.05) is 23.2 Å². The molecule has 1 heterocycles. The highest BCUT2D eigenvalue weighted by Gasteiger charge is 2.22. The first kappa shape index (κ1) is 20.8. The smallest absolute Gasteiger partial charge is 0.272 e. The van der Waals surface area contributed by atoms with Gasteiger partial charge in [0.05, 0.1) is 26.3 Å². The topological polar surface area (TPSA) is 81.3 Å². The number of amides is 1. The second-order valence-corrected chi connectivity index (χ2v) is 7.02. The molecular formula is C20H18Cl2N4O3. The molecule has 0 N–H and O–H groups in total. The molecule has 0 fully saturated rings. The summed E-state index contributed by atoms with van der Waals surface area (Å²) in [5.74, 6) is -0.179. The lowest BCUT2D eigenvalue weighted by Gasteiger charge is -2.19. The number of nitrogens with zero attached hydrogens (tertiary/aromatic N) is 4.